The Labute approximate surface area is 283 Å². The van der Waals surface area contributed by atoms with Crippen molar-refractivity contribution in [3.63, 3.8) is 0 Å². The Kier molecular flexibility index (Phi) is 8.70. The van der Waals surface area contributed by atoms with Gasteiger partial charge in [0.1, 0.15) is 0 Å². The number of pyridine rings is 1. The number of thiocarbonyl (C=S) groups is 1. The van der Waals surface area contributed by atoms with Crippen molar-refractivity contribution in [1.29, 1.82) is 0 Å². The summed E-state index contributed by atoms with van der Waals surface area (Å²) in [5.41, 5.74) is 8.96. The van der Waals surface area contributed by atoms with E-state index in [2.05, 4.69) is 107 Å². The maximum Gasteiger partial charge on any atom is 0.174 e. The monoisotopic (exact) mass is 654 g/mol. The van der Waals surface area contributed by atoms with Crippen molar-refractivity contribution >= 4 is 46.0 Å². The fourth-order valence-electron chi connectivity index (χ4n) is 7.83. The Morgan fingerprint density at radius 1 is 0.870 bits per heavy atom. The van der Waals surface area contributed by atoms with Crippen LogP contribution < -0.4 is 20.0 Å². The summed E-state index contributed by atoms with van der Waals surface area (Å²) in [6, 6.07) is 23.5. The number of nitrogens with one attached hydrogen (secondary N) is 1. The quantitative estimate of drug-likeness (QED) is 0.215. The van der Waals surface area contributed by atoms with Gasteiger partial charge in [-0.05, 0) is 111 Å². The molecule has 3 aliphatic rings. The minimum atomic E-state index is -0.131. The Bertz CT molecular complexity index is 1690. The second kappa shape index (κ2) is 12.9. The van der Waals surface area contributed by atoms with E-state index in [1.165, 1.54) is 29.1 Å². The maximum absolute atomic E-state index is 7.08. The summed E-state index contributed by atoms with van der Waals surface area (Å²) < 4.78 is 7.91. The molecule has 0 amide bonds. The average Bonchev–Trinajstić information content (AvgIpc) is 3.55. The molecule has 5 heterocycles. The van der Waals surface area contributed by atoms with E-state index in [0.717, 1.165) is 67.2 Å². The molecule has 7 nitrogen and oxygen atoms in total. The van der Waals surface area contributed by atoms with Crippen molar-refractivity contribution in [2.45, 2.75) is 46.2 Å². The number of anilines is 3. The highest BCUT2D eigenvalue weighted by molar-refractivity contribution is 7.80. The zero-order valence-electron chi connectivity index (χ0n) is 27.1. The number of morpholine rings is 1. The van der Waals surface area contributed by atoms with Gasteiger partial charge < -0.3 is 29.3 Å². The van der Waals surface area contributed by atoms with Crippen LogP contribution in [-0.4, -0.2) is 54.1 Å². The van der Waals surface area contributed by atoms with Gasteiger partial charge in [-0.15, -0.1) is 0 Å². The van der Waals surface area contributed by atoms with E-state index < -0.39 is 0 Å². The second-order valence-corrected chi connectivity index (χ2v) is 14.1. The summed E-state index contributed by atoms with van der Waals surface area (Å²) >= 11 is 13.2. The largest absolute Gasteiger partial charge is 0.378 e. The molecule has 0 saturated carbocycles. The van der Waals surface area contributed by atoms with Gasteiger partial charge in [0.15, 0.2) is 5.11 Å². The summed E-state index contributed by atoms with van der Waals surface area (Å²) in [7, 11) is 0. The molecular weight excluding hydrogens is 612 g/mol. The van der Waals surface area contributed by atoms with Crippen molar-refractivity contribution < 1.29 is 4.74 Å². The molecule has 4 aromatic rings. The van der Waals surface area contributed by atoms with E-state index in [1.54, 1.807) is 0 Å². The fourth-order valence-corrected chi connectivity index (χ4v) is 8.47. The van der Waals surface area contributed by atoms with Crippen LogP contribution >= 0.6 is 23.8 Å². The summed E-state index contributed by atoms with van der Waals surface area (Å²) in [5, 5.41) is 5.06. The molecule has 7 rings (SSSR count). The Balaban J connectivity index is 1.26. The number of hydrogen-bond donors (Lipinski definition) is 1. The minimum absolute atomic E-state index is 0.119. The number of nitrogens with zero attached hydrogens (tertiary/aromatic N) is 5. The van der Waals surface area contributed by atoms with E-state index >= 15 is 0 Å². The molecule has 3 aliphatic heterocycles. The summed E-state index contributed by atoms with van der Waals surface area (Å²) in [6.45, 7) is 14.5. The molecule has 0 spiro atoms. The van der Waals surface area contributed by atoms with Gasteiger partial charge in [-0.2, -0.15) is 0 Å². The van der Waals surface area contributed by atoms with Crippen LogP contribution in [-0.2, 0) is 4.74 Å². The molecule has 3 saturated heterocycles. The van der Waals surface area contributed by atoms with E-state index in [4.69, 9.17) is 33.5 Å². The zero-order chi connectivity index (χ0) is 31.9. The van der Waals surface area contributed by atoms with Gasteiger partial charge >= 0.3 is 0 Å². The van der Waals surface area contributed by atoms with Gasteiger partial charge in [0, 0.05) is 60.8 Å². The number of aryl methyl sites for hydroxylation is 1. The van der Waals surface area contributed by atoms with E-state index in [-0.39, 0.29) is 12.1 Å². The van der Waals surface area contributed by atoms with Gasteiger partial charge in [-0.3, -0.25) is 4.98 Å². The molecule has 46 heavy (non-hydrogen) atoms. The lowest BCUT2D eigenvalue weighted by molar-refractivity contribution is 0.122. The number of hydrogen-bond acceptors (Lipinski definition) is 5. The first-order valence-corrected chi connectivity index (χ1v) is 17.2. The van der Waals surface area contributed by atoms with Crippen LogP contribution in [0.2, 0.25) is 5.02 Å². The third kappa shape index (κ3) is 5.87. The lowest BCUT2D eigenvalue weighted by atomic mass is 9.91. The fraction of sp³-hybridized carbons (Fsp3) is 0.405. The van der Waals surface area contributed by atoms with Crippen LogP contribution in [0, 0.1) is 25.7 Å². The molecule has 4 atom stereocenters. The topological polar surface area (TPSA) is 48.8 Å². The molecule has 240 valence electrons. The van der Waals surface area contributed by atoms with Gasteiger partial charge in [0.05, 0.1) is 41.7 Å². The number of halogens is 1. The third-order valence-corrected chi connectivity index (χ3v) is 10.4. The highest BCUT2D eigenvalue weighted by Crippen LogP contribution is 2.45. The SMILES string of the molecule is Cc1cc([C@H]2[C@@H](c3ccccn3)NC(=S)N2c2ccc(N3C[C@H](C)C[C@H](C)C3)c(Cl)c2)c(C)n1-c1ccc(N2CCOCC2)cc1. The number of benzene rings is 2. The molecule has 0 bridgehead atoms. The molecule has 9 heteroatoms. The van der Waals surface area contributed by atoms with Crippen LogP contribution in [0.25, 0.3) is 5.69 Å². The predicted octanol–water partition coefficient (Wildman–Crippen LogP) is 7.64. The molecule has 1 N–H and O–H groups in total. The third-order valence-electron chi connectivity index (χ3n) is 9.79. The van der Waals surface area contributed by atoms with E-state index in [9.17, 15) is 0 Å². The van der Waals surface area contributed by atoms with Crippen molar-refractivity contribution in [3.05, 3.63) is 101 Å². The van der Waals surface area contributed by atoms with Gasteiger partial charge in [0.25, 0.3) is 0 Å². The van der Waals surface area contributed by atoms with Gasteiger partial charge in [0.2, 0.25) is 0 Å². The van der Waals surface area contributed by atoms with Crippen molar-refractivity contribution in [3.8, 4) is 5.69 Å². The van der Waals surface area contributed by atoms with Gasteiger partial charge in [-0.1, -0.05) is 31.5 Å². The smallest absolute Gasteiger partial charge is 0.174 e. The van der Waals surface area contributed by atoms with Crippen molar-refractivity contribution in [1.82, 2.24) is 14.9 Å². The minimum Gasteiger partial charge on any atom is -0.378 e. The van der Waals surface area contributed by atoms with Crippen LogP contribution in [0.1, 0.15) is 55.0 Å². The summed E-state index contributed by atoms with van der Waals surface area (Å²) in [4.78, 5) is 11.8. The number of ether oxygens (including phenoxy) is 1. The molecule has 2 aromatic heterocycles. The zero-order valence-corrected chi connectivity index (χ0v) is 28.7. The Morgan fingerprint density at radius 3 is 2.24 bits per heavy atom. The molecular formula is C37H43ClN6OS. The molecule has 3 fully saturated rings. The number of aromatic nitrogens is 2. The molecule has 2 aromatic carbocycles. The number of piperidine rings is 1. The van der Waals surface area contributed by atoms with Gasteiger partial charge in [-0.25, -0.2) is 0 Å². The Morgan fingerprint density at radius 2 is 1.57 bits per heavy atom. The predicted molar refractivity (Wildman–Crippen MR) is 193 cm³/mol. The molecule has 0 unspecified atom stereocenters. The first kappa shape index (κ1) is 31.0. The maximum atomic E-state index is 7.08. The van der Waals surface area contributed by atoms with Crippen LogP contribution in [0.15, 0.2) is 72.9 Å². The lowest BCUT2D eigenvalue weighted by Gasteiger charge is -2.37. The number of rotatable bonds is 6. The van der Waals surface area contributed by atoms with Crippen molar-refractivity contribution in [2.75, 3.05) is 54.1 Å². The van der Waals surface area contributed by atoms with Crippen LogP contribution in [0.4, 0.5) is 17.1 Å². The highest BCUT2D eigenvalue weighted by Gasteiger charge is 2.42. The van der Waals surface area contributed by atoms with E-state index in [0.29, 0.717) is 16.9 Å². The Hall–Kier alpha value is -3.59. The van der Waals surface area contributed by atoms with Crippen LogP contribution in [0.3, 0.4) is 0 Å². The van der Waals surface area contributed by atoms with E-state index in [1.807, 2.05) is 18.3 Å². The summed E-state index contributed by atoms with van der Waals surface area (Å²) in [5.74, 6) is 1.29. The second-order valence-electron chi connectivity index (χ2n) is 13.3. The summed E-state index contributed by atoms with van der Waals surface area (Å²) in [6.07, 6.45) is 3.11. The average molecular weight is 655 g/mol. The highest BCUT2D eigenvalue weighted by atomic mass is 35.5. The molecule has 0 aliphatic carbocycles. The molecule has 0 radical (unpaired) electrons. The first-order valence-electron chi connectivity index (χ1n) is 16.5. The first-order chi connectivity index (χ1) is 22.3. The lowest BCUT2D eigenvalue weighted by Crippen LogP contribution is -2.38. The van der Waals surface area contributed by atoms with Crippen LogP contribution in [0.5, 0.6) is 0 Å². The standard InChI is InChI=1S/C37H43ClN6OS/c1-24-19-25(2)23-42(22-24)34-13-12-30(21-32(34)38)44-36(35(40-37(44)46)33-7-5-6-14-39-33)31-20-26(3)43(27(31)4)29-10-8-28(9-11-29)41-15-17-45-18-16-41/h5-14,20-21,24-25,35-36H,15-19,22-23H2,1-4H3,(H,40,46)/t24-,25+,35-,36+/m1/s1. The van der Waals surface area contributed by atoms with Crippen molar-refractivity contribution in [2.24, 2.45) is 11.8 Å². The normalized spacial score (nSPS) is 23.6.